The van der Waals surface area contributed by atoms with E-state index in [4.69, 9.17) is 0 Å². The first kappa shape index (κ1) is 19.8. The van der Waals surface area contributed by atoms with Gasteiger partial charge in [-0.25, -0.2) is 13.6 Å². The number of rotatable bonds is 4. The van der Waals surface area contributed by atoms with E-state index in [-0.39, 0.29) is 28.7 Å². The lowest BCUT2D eigenvalue weighted by molar-refractivity contribution is 0.0694. The van der Waals surface area contributed by atoms with Gasteiger partial charge < -0.3 is 14.6 Å². The largest absolute Gasteiger partial charge is 0.477 e. The van der Waals surface area contributed by atoms with Crippen molar-refractivity contribution >= 4 is 22.6 Å². The second-order valence-electron chi connectivity index (χ2n) is 8.36. The third-order valence-electron chi connectivity index (χ3n) is 6.01. The molecule has 1 unspecified atom stereocenters. The Labute approximate surface area is 167 Å². The number of carboxylic acid groups (broad SMARTS) is 1. The second kappa shape index (κ2) is 7.09. The maximum absolute atomic E-state index is 15.7. The number of piperazine rings is 1. The van der Waals surface area contributed by atoms with E-state index in [0.29, 0.717) is 25.7 Å². The fourth-order valence-electron chi connectivity index (χ4n) is 4.46. The van der Waals surface area contributed by atoms with Crippen molar-refractivity contribution in [2.24, 2.45) is 0 Å². The number of carboxylic acids is 1. The van der Waals surface area contributed by atoms with Crippen LogP contribution in [0.25, 0.3) is 10.9 Å². The molecule has 1 aliphatic heterocycles. The number of benzene rings is 1. The Kier molecular flexibility index (Phi) is 4.85. The Morgan fingerprint density at radius 2 is 1.93 bits per heavy atom. The molecular weight excluding hydrogens is 380 g/mol. The normalized spacial score (nSPS) is 20.6. The van der Waals surface area contributed by atoms with E-state index < -0.39 is 28.6 Å². The zero-order chi connectivity index (χ0) is 21.0. The van der Waals surface area contributed by atoms with Crippen molar-refractivity contribution in [3.8, 4) is 0 Å². The molecule has 29 heavy (non-hydrogen) atoms. The number of aromatic carboxylic acids is 1. The fraction of sp³-hybridized carbons (Fsp3) is 0.524. The van der Waals surface area contributed by atoms with Crippen molar-refractivity contribution in [3.05, 3.63) is 39.7 Å². The summed E-state index contributed by atoms with van der Waals surface area (Å²) in [4.78, 5) is 28.0. The predicted octanol–water partition coefficient (Wildman–Crippen LogP) is 3.23. The molecule has 1 N–H and O–H groups in total. The molecule has 2 aliphatic rings. The van der Waals surface area contributed by atoms with E-state index in [0.717, 1.165) is 18.9 Å². The van der Waals surface area contributed by atoms with Gasteiger partial charge in [0.1, 0.15) is 17.1 Å². The Morgan fingerprint density at radius 3 is 2.48 bits per heavy atom. The lowest BCUT2D eigenvalue weighted by Gasteiger charge is -2.43. The first-order valence-electron chi connectivity index (χ1n) is 10.0. The SMILES string of the molecule is CC(C)N1CCN(c2c(F)cc3c(=O)c(C(=O)O)cn(C4CC4)c3c2F)CC1C. The molecule has 1 aromatic carbocycles. The zero-order valence-electron chi connectivity index (χ0n) is 16.8. The quantitative estimate of drug-likeness (QED) is 0.846. The molecule has 1 saturated carbocycles. The Hall–Kier alpha value is -2.48. The molecule has 0 spiro atoms. The summed E-state index contributed by atoms with van der Waals surface area (Å²) in [5, 5.41) is 9.12. The third-order valence-corrected chi connectivity index (χ3v) is 6.01. The molecule has 8 heteroatoms. The van der Waals surface area contributed by atoms with Gasteiger partial charge in [0.05, 0.1) is 10.9 Å². The van der Waals surface area contributed by atoms with E-state index in [1.165, 1.54) is 10.8 Å². The molecule has 4 rings (SSSR count). The molecule has 0 amide bonds. The van der Waals surface area contributed by atoms with Crippen LogP contribution >= 0.6 is 0 Å². The fourth-order valence-corrected chi connectivity index (χ4v) is 4.46. The molecule has 1 saturated heterocycles. The van der Waals surface area contributed by atoms with Crippen LogP contribution in [0, 0.1) is 11.6 Å². The van der Waals surface area contributed by atoms with Crippen LogP contribution in [0.5, 0.6) is 0 Å². The van der Waals surface area contributed by atoms with E-state index in [1.54, 1.807) is 4.90 Å². The molecule has 2 aromatic rings. The highest BCUT2D eigenvalue weighted by atomic mass is 19.1. The maximum Gasteiger partial charge on any atom is 0.341 e. The van der Waals surface area contributed by atoms with Crippen molar-refractivity contribution in [1.29, 1.82) is 0 Å². The molecule has 1 aromatic heterocycles. The molecule has 1 aliphatic carbocycles. The summed E-state index contributed by atoms with van der Waals surface area (Å²) < 4.78 is 32.2. The highest BCUT2D eigenvalue weighted by Gasteiger charge is 2.33. The lowest BCUT2D eigenvalue weighted by atomic mass is 10.1. The van der Waals surface area contributed by atoms with E-state index in [9.17, 15) is 14.7 Å². The maximum atomic E-state index is 15.7. The minimum Gasteiger partial charge on any atom is -0.477 e. The van der Waals surface area contributed by atoms with Gasteiger partial charge in [0.25, 0.3) is 0 Å². The Balaban J connectivity index is 1.87. The highest BCUT2D eigenvalue weighted by molar-refractivity contribution is 5.94. The Morgan fingerprint density at radius 1 is 1.24 bits per heavy atom. The van der Waals surface area contributed by atoms with Crippen LogP contribution in [0.3, 0.4) is 0 Å². The van der Waals surface area contributed by atoms with Crippen LogP contribution in [-0.4, -0.2) is 52.3 Å². The van der Waals surface area contributed by atoms with Crippen molar-refractivity contribution in [2.75, 3.05) is 24.5 Å². The molecule has 156 valence electrons. The summed E-state index contributed by atoms with van der Waals surface area (Å²) in [6.45, 7) is 7.85. The van der Waals surface area contributed by atoms with Gasteiger partial charge in [-0.15, -0.1) is 0 Å². The van der Waals surface area contributed by atoms with Crippen LogP contribution in [-0.2, 0) is 0 Å². The van der Waals surface area contributed by atoms with Gasteiger partial charge in [-0.1, -0.05) is 0 Å². The monoisotopic (exact) mass is 405 g/mol. The number of pyridine rings is 1. The first-order chi connectivity index (χ1) is 13.7. The van der Waals surface area contributed by atoms with Crippen molar-refractivity contribution in [1.82, 2.24) is 9.47 Å². The Bertz CT molecular complexity index is 1050. The van der Waals surface area contributed by atoms with Crippen LogP contribution in [0.1, 0.15) is 50.0 Å². The number of carbonyl (C=O) groups is 1. The number of anilines is 1. The van der Waals surface area contributed by atoms with E-state index in [2.05, 4.69) is 18.7 Å². The van der Waals surface area contributed by atoms with Gasteiger partial charge in [0.2, 0.25) is 5.43 Å². The second-order valence-corrected chi connectivity index (χ2v) is 8.36. The van der Waals surface area contributed by atoms with Crippen molar-refractivity contribution in [2.45, 2.75) is 51.7 Å². The zero-order valence-corrected chi connectivity index (χ0v) is 16.8. The first-order valence-corrected chi connectivity index (χ1v) is 10.0. The van der Waals surface area contributed by atoms with Gasteiger partial charge in [-0.05, 0) is 39.7 Å². The number of nitrogens with zero attached hydrogens (tertiary/aromatic N) is 3. The average Bonchev–Trinajstić information content (AvgIpc) is 3.47. The number of hydrogen-bond donors (Lipinski definition) is 1. The molecule has 1 atom stereocenters. The summed E-state index contributed by atoms with van der Waals surface area (Å²) >= 11 is 0. The minimum absolute atomic E-state index is 0.00200. The highest BCUT2D eigenvalue weighted by Crippen LogP contribution is 2.40. The summed E-state index contributed by atoms with van der Waals surface area (Å²) in [6, 6.07) is 1.40. The van der Waals surface area contributed by atoms with Crippen molar-refractivity contribution in [3.63, 3.8) is 0 Å². The topological polar surface area (TPSA) is 65.8 Å². The summed E-state index contributed by atoms with van der Waals surface area (Å²) in [6.07, 6.45) is 2.75. The van der Waals surface area contributed by atoms with Crippen LogP contribution in [0.2, 0.25) is 0 Å². The lowest BCUT2D eigenvalue weighted by Crippen LogP contribution is -2.54. The minimum atomic E-state index is -1.39. The summed E-state index contributed by atoms with van der Waals surface area (Å²) in [7, 11) is 0. The van der Waals surface area contributed by atoms with Gasteiger partial charge in [0.15, 0.2) is 5.82 Å². The van der Waals surface area contributed by atoms with Crippen molar-refractivity contribution < 1.29 is 18.7 Å². The summed E-state index contributed by atoms with van der Waals surface area (Å²) in [5.74, 6) is -3.01. The number of aromatic nitrogens is 1. The van der Waals surface area contributed by atoms with Crippen LogP contribution < -0.4 is 10.3 Å². The molecule has 2 heterocycles. The van der Waals surface area contributed by atoms with Crippen LogP contribution in [0.4, 0.5) is 14.5 Å². The van der Waals surface area contributed by atoms with Gasteiger partial charge in [-0.2, -0.15) is 0 Å². The molecule has 0 bridgehead atoms. The molecular formula is C21H25F2N3O3. The van der Waals surface area contributed by atoms with Gasteiger partial charge in [-0.3, -0.25) is 9.69 Å². The van der Waals surface area contributed by atoms with Gasteiger partial charge >= 0.3 is 5.97 Å². The molecule has 6 nitrogen and oxygen atoms in total. The van der Waals surface area contributed by atoms with Crippen LogP contribution in [0.15, 0.2) is 17.1 Å². The number of hydrogen-bond acceptors (Lipinski definition) is 4. The van der Waals surface area contributed by atoms with E-state index >= 15 is 8.78 Å². The van der Waals surface area contributed by atoms with E-state index in [1.807, 2.05) is 6.92 Å². The third kappa shape index (κ3) is 3.29. The predicted molar refractivity (Wildman–Crippen MR) is 107 cm³/mol. The molecule has 0 radical (unpaired) electrons. The number of fused-ring (bicyclic) bond motifs is 1. The van der Waals surface area contributed by atoms with Gasteiger partial charge in [0, 0.05) is 44.0 Å². The number of halogens is 2. The summed E-state index contributed by atoms with van der Waals surface area (Å²) in [5.41, 5.74) is -1.45. The smallest absolute Gasteiger partial charge is 0.341 e. The average molecular weight is 405 g/mol. The standard InChI is InChI=1S/C21H25F2N3O3/c1-11(2)25-7-6-24(9-12(25)3)19-16(22)8-14-18(17(19)23)26(13-4-5-13)10-15(20(14)27)21(28)29/h8,10-13H,4-7,9H2,1-3H3,(H,28,29). The molecule has 2 fully saturated rings.